The molecule has 0 aliphatic carbocycles. The van der Waals surface area contributed by atoms with Crippen molar-refractivity contribution in [2.45, 2.75) is 46.1 Å². The zero-order valence-corrected chi connectivity index (χ0v) is 17.9. The summed E-state index contributed by atoms with van der Waals surface area (Å²) >= 11 is 0. The summed E-state index contributed by atoms with van der Waals surface area (Å²) < 4.78 is 2.22. The van der Waals surface area contributed by atoms with E-state index in [0.717, 1.165) is 70.9 Å². The molecule has 1 aliphatic rings. The molecule has 3 heterocycles. The maximum atomic E-state index is 13.2. The molecule has 5 rings (SSSR count). The van der Waals surface area contributed by atoms with Gasteiger partial charge in [0.05, 0.1) is 11.1 Å². The molecule has 1 aliphatic heterocycles. The van der Waals surface area contributed by atoms with Gasteiger partial charge < -0.3 is 9.88 Å². The van der Waals surface area contributed by atoms with Crippen LogP contribution < -0.4 is 5.32 Å². The van der Waals surface area contributed by atoms with E-state index in [2.05, 4.69) is 25.1 Å². The number of aromatic nitrogens is 4. The largest absolute Gasteiger partial charge is 0.322 e. The first-order valence-electron chi connectivity index (χ1n) is 10.8. The van der Waals surface area contributed by atoms with Gasteiger partial charge in [-0.05, 0) is 57.0 Å². The summed E-state index contributed by atoms with van der Waals surface area (Å²) in [5.41, 5.74) is 5.08. The smallest absolute Gasteiger partial charge is 0.256 e. The normalized spacial score (nSPS) is 13.6. The molecule has 0 saturated carbocycles. The summed E-state index contributed by atoms with van der Waals surface area (Å²) in [5, 5.41) is 12.8. The van der Waals surface area contributed by atoms with Crippen molar-refractivity contribution in [3.63, 3.8) is 0 Å². The summed E-state index contributed by atoms with van der Waals surface area (Å²) in [6.07, 6.45) is 4.49. The molecule has 0 spiro atoms. The predicted octanol–water partition coefficient (Wildman–Crippen LogP) is 5.09. The van der Waals surface area contributed by atoms with Crippen molar-refractivity contribution in [3.05, 3.63) is 71.2 Å². The molecule has 0 radical (unpaired) electrons. The average Bonchev–Trinajstić information content (AvgIpc) is 3.02. The minimum atomic E-state index is -0.140. The first kappa shape index (κ1) is 19.4. The number of hydrogen-bond acceptors (Lipinski definition) is 4. The number of hydrogen-bond donors (Lipinski definition) is 1. The second kappa shape index (κ2) is 7.95. The molecule has 6 nitrogen and oxygen atoms in total. The average molecular weight is 412 g/mol. The summed E-state index contributed by atoms with van der Waals surface area (Å²) in [6, 6.07) is 15.7. The number of aryl methyl sites for hydroxylation is 3. The van der Waals surface area contributed by atoms with Gasteiger partial charge >= 0.3 is 0 Å². The van der Waals surface area contributed by atoms with Crippen molar-refractivity contribution in [2.24, 2.45) is 0 Å². The number of carbonyl (C=O) groups is 1. The van der Waals surface area contributed by atoms with Crippen LogP contribution in [0.5, 0.6) is 0 Å². The summed E-state index contributed by atoms with van der Waals surface area (Å²) in [7, 11) is 0. The zero-order valence-electron chi connectivity index (χ0n) is 17.9. The fourth-order valence-corrected chi connectivity index (χ4v) is 4.29. The Bertz CT molecular complexity index is 1290. The van der Waals surface area contributed by atoms with Crippen LogP contribution in [0.4, 0.5) is 5.69 Å². The lowest BCUT2D eigenvalue weighted by atomic mass is 10.0. The SMILES string of the molecule is Cc1ccc2nc(C)cc(C(=O)Nc3cccc(-c4nnc5n4CCCCC5)c3)c2c1. The summed E-state index contributed by atoms with van der Waals surface area (Å²) in [6.45, 7) is 4.87. The van der Waals surface area contributed by atoms with Crippen molar-refractivity contribution in [3.8, 4) is 11.4 Å². The highest BCUT2D eigenvalue weighted by Crippen LogP contribution is 2.26. The van der Waals surface area contributed by atoms with Gasteiger partial charge in [-0.15, -0.1) is 10.2 Å². The molecule has 1 amide bonds. The zero-order chi connectivity index (χ0) is 21.4. The number of benzene rings is 2. The molecule has 0 unspecified atom stereocenters. The first-order valence-corrected chi connectivity index (χ1v) is 10.8. The Morgan fingerprint density at radius 2 is 1.90 bits per heavy atom. The molecule has 156 valence electrons. The van der Waals surface area contributed by atoms with Crippen LogP contribution in [0.3, 0.4) is 0 Å². The van der Waals surface area contributed by atoms with Gasteiger partial charge in [0.1, 0.15) is 5.82 Å². The number of amides is 1. The van der Waals surface area contributed by atoms with E-state index in [1.807, 2.05) is 62.4 Å². The van der Waals surface area contributed by atoms with E-state index in [1.54, 1.807) is 0 Å². The Hall–Kier alpha value is -3.54. The lowest BCUT2D eigenvalue weighted by Crippen LogP contribution is -2.13. The molecule has 0 fully saturated rings. The van der Waals surface area contributed by atoms with Crippen LogP contribution in [0.1, 0.15) is 46.7 Å². The minimum Gasteiger partial charge on any atom is -0.322 e. The van der Waals surface area contributed by atoms with E-state index in [-0.39, 0.29) is 5.91 Å². The molecule has 31 heavy (non-hydrogen) atoms. The van der Waals surface area contributed by atoms with Gasteiger partial charge in [-0.2, -0.15) is 0 Å². The third-order valence-corrected chi connectivity index (χ3v) is 5.83. The summed E-state index contributed by atoms with van der Waals surface area (Å²) in [5.74, 6) is 1.78. The molecular formula is C25H25N5O. The van der Waals surface area contributed by atoms with E-state index >= 15 is 0 Å². The van der Waals surface area contributed by atoms with Gasteiger partial charge in [-0.25, -0.2) is 0 Å². The van der Waals surface area contributed by atoms with Gasteiger partial charge in [0.2, 0.25) is 0 Å². The Labute approximate surface area is 181 Å². The third-order valence-electron chi connectivity index (χ3n) is 5.83. The Balaban J connectivity index is 1.47. The molecule has 0 bridgehead atoms. The highest BCUT2D eigenvalue weighted by atomic mass is 16.1. The van der Waals surface area contributed by atoms with E-state index in [9.17, 15) is 4.79 Å². The molecule has 0 atom stereocenters. The molecule has 0 saturated heterocycles. The van der Waals surface area contributed by atoms with Crippen LogP contribution in [-0.2, 0) is 13.0 Å². The van der Waals surface area contributed by atoms with E-state index in [0.29, 0.717) is 5.56 Å². The number of anilines is 1. The predicted molar refractivity (Wildman–Crippen MR) is 122 cm³/mol. The van der Waals surface area contributed by atoms with E-state index in [4.69, 9.17) is 0 Å². The van der Waals surface area contributed by atoms with Gasteiger partial charge in [0.15, 0.2) is 5.82 Å². The fraction of sp³-hybridized carbons (Fsp3) is 0.280. The maximum Gasteiger partial charge on any atom is 0.256 e. The third kappa shape index (κ3) is 3.81. The van der Waals surface area contributed by atoms with Crippen LogP contribution in [0, 0.1) is 13.8 Å². The van der Waals surface area contributed by atoms with Gasteiger partial charge in [-0.1, -0.05) is 30.2 Å². The Morgan fingerprint density at radius 1 is 1.00 bits per heavy atom. The van der Waals surface area contributed by atoms with Crippen molar-refractivity contribution in [1.82, 2.24) is 19.7 Å². The topological polar surface area (TPSA) is 72.7 Å². The van der Waals surface area contributed by atoms with Crippen LogP contribution >= 0.6 is 0 Å². The molecule has 2 aromatic heterocycles. The lowest BCUT2D eigenvalue weighted by molar-refractivity contribution is 0.102. The Kier molecular flexibility index (Phi) is 4.98. The van der Waals surface area contributed by atoms with Crippen LogP contribution in [0.25, 0.3) is 22.3 Å². The van der Waals surface area contributed by atoms with E-state index < -0.39 is 0 Å². The number of nitrogens with zero attached hydrogens (tertiary/aromatic N) is 4. The molecule has 1 N–H and O–H groups in total. The summed E-state index contributed by atoms with van der Waals surface area (Å²) in [4.78, 5) is 17.8. The van der Waals surface area contributed by atoms with Crippen molar-refractivity contribution < 1.29 is 4.79 Å². The molecule has 6 heteroatoms. The van der Waals surface area contributed by atoms with Gasteiger partial charge in [-0.3, -0.25) is 9.78 Å². The Morgan fingerprint density at radius 3 is 2.81 bits per heavy atom. The highest BCUT2D eigenvalue weighted by molar-refractivity contribution is 6.12. The fourth-order valence-electron chi connectivity index (χ4n) is 4.29. The van der Waals surface area contributed by atoms with Gasteiger partial charge in [0.25, 0.3) is 5.91 Å². The minimum absolute atomic E-state index is 0.140. The molecular weight excluding hydrogens is 386 g/mol. The maximum absolute atomic E-state index is 13.2. The van der Waals surface area contributed by atoms with Crippen LogP contribution in [-0.4, -0.2) is 25.7 Å². The second-order valence-corrected chi connectivity index (χ2v) is 8.27. The number of pyridine rings is 1. The molecule has 4 aromatic rings. The van der Waals surface area contributed by atoms with Crippen molar-refractivity contribution >= 4 is 22.5 Å². The van der Waals surface area contributed by atoms with Gasteiger partial charge in [0, 0.05) is 35.3 Å². The second-order valence-electron chi connectivity index (χ2n) is 8.27. The van der Waals surface area contributed by atoms with Crippen LogP contribution in [0.2, 0.25) is 0 Å². The number of rotatable bonds is 3. The number of carbonyl (C=O) groups excluding carboxylic acids is 1. The number of nitrogens with one attached hydrogen (secondary N) is 1. The van der Waals surface area contributed by atoms with Crippen LogP contribution in [0.15, 0.2) is 48.5 Å². The standard InChI is InChI=1S/C25H25N5O/c1-16-10-11-22-20(13-16)21(14-17(2)26-22)25(31)27-19-8-6-7-18(15-19)24-29-28-23-9-4-3-5-12-30(23)24/h6-8,10-11,13-15H,3-5,9,12H2,1-2H3,(H,27,31). The lowest BCUT2D eigenvalue weighted by Gasteiger charge is -2.11. The quantitative estimate of drug-likeness (QED) is 0.510. The van der Waals surface area contributed by atoms with Crippen molar-refractivity contribution in [2.75, 3.05) is 5.32 Å². The van der Waals surface area contributed by atoms with Crippen molar-refractivity contribution in [1.29, 1.82) is 0 Å². The highest BCUT2D eigenvalue weighted by Gasteiger charge is 2.17. The monoisotopic (exact) mass is 411 g/mol. The number of fused-ring (bicyclic) bond motifs is 2. The van der Waals surface area contributed by atoms with E-state index in [1.165, 1.54) is 6.42 Å². The molecule has 2 aromatic carbocycles. The first-order chi connectivity index (χ1) is 15.1.